The van der Waals surface area contributed by atoms with Gasteiger partial charge in [-0.2, -0.15) is 0 Å². The molecule has 1 atom stereocenters. The lowest BCUT2D eigenvalue weighted by molar-refractivity contribution is -0.139. The highest BCUT2D eigenvalue weighted by Gasteiger charge is 2.31. The van der Waals surface area contributed by atoms with Gasteiger partial charge in [-0.25, -0.2) is 8.42 Å². The Morgan fingerprint density at radius 2 is 1.69 bits per heavy atom. The summed E-state index contributed by atoms with van der Waals surface area (Å²) in [6, 6.07) is 11.7. The molecular weight excluding hydrogens is 498 g/mol. The maximum absolute atomic E-state index is 13.7. The lowest BCUT2D eigenvalue weighted by atomic mass is 9.95. The van der Waals surface area contributed by atoms with Crippen molar-refractivity contribution in [2.75, 3.05) is 17.1 Å². The van der Waals surface area contributed by atoms with E-state index < -0.39 is 28.5 Å². The van der Waals surface area contributed by atoms with Crippen LogP contribution in [0.4, 0.5) is 5.69 Å². The number of hydrogen-bond donors (Lipinski definition) is 1. The van der Waals surface area contributed by atoms with Gasteiger partial charge in [0.25, 0.3) is 0 Å². The Hall–Kier alpha value is -2.58. The Kier molecular flexibility index (Phi) is 9.41. The third-order valence-corrected chi connectivity index (χ3v) is 8.29. The topological polar surface area (TPSA) is 86.8 Å². The van der Waals surface area contributed by atoms with E-state index in [0.29, 0.717) is 10.7 Å². The van der Waals surface area contributed by atoms with Crippen molar-refractivity contribution < 1.29 is 18.0 Å². The number of carbonyl (C=O) groups is 2. The van der Waals surface area contributed by atoms with Crippen LogP contribution in [0.2, 0.25) is 5.02 Å². The van der Waals surface area contributed by atoms with Crippen LogP contribution in [-0.2, 0) is 26.2 Å². The molecule has 0 heterocycles. The predicted molar refractivity (Wildman–Crippen MR) is 145 cm³/mol. The molecule has 1 saturated carbocycles. The van der Waals surface area contributed by atoms with Crippen LogP contribution in [0.25, 0.3) is 0 Å². The molecule has 1 unspecified atom stereocenters. The van der Waals surface area contributed by atoms with E-state index in [0.717, 1.165) is 52.9 Å². The van der Waals surface area contributed by atoms with Crippen LogP contribution in [0.15, 0.2) is 42.5 Å². The molecule has 0 saturated heterocycles. The summed E-state index contributed by atoms with van der Waals surface area (Å²) >= 11 is 6.03. The highest BCUT2D eigenvalue weighted by molar-refractivity contribution is 7.92. The van der Waals surface area contributed by atoms with Crippen LogP contribution in [0.3, 0.4) is 0 Å². The Labute approximate surface area is 219 Å². The van der Waals surface area contributed by atoms with E-state index in [9.17, 15) is 18.0 Å². The molecule has 1 fully saturated rings. The molecule has 36 heavy (non-hydrogen) atoms. The molecule has 0 bridgehead atoms. The fourth-order valence-corrected chi connectivity index (χ4v) is 5.56. The van der Waals surface area contributed by atoms with Gasteiger partial charge in [0, 0.05) is 17.6 Å². The summed E-state index contributed by atoms with van der Waals surface area (Å²) in [4.78, 5) is 28.3. The van der Waals surface area contributed by atoms with Crippen molar-refractivity contribution in [3.8, 4) is 0 Å². The van der Waals surface area contributed by atoms with E-state index in [1.807, 2.05) is 19.9 Å². The van der Waals surface area contributed by atoms with Gasteiger partial charge in [-0.1, -0.05) is 55.1 Å². The Morgan fingerprint density at radius 1 is 1.06 bits per heavy atom. The second kappa shape index (κ2) is 12.1. The van der Waals surface area contributed by atoms with Crippen molar-refractivity contribution in [2.24, 2.45) is 0 Å². The van der Waals surface area contributed by atoms with Crippen molar-refractivity contribution in [3.05, 3.63) is 64.2 Å². The van der Waals surface area contributed by atoms with Crippen LogP contribution >= 0.6 is 11.6 Å². The number of benzene rings is 2. The maximum atomic E-state index is 13.7. The molecule has 9 heteroatoms. The van der Waals surface area contributed by atoms with E-state index >= 15 is 0 Å². The van der Waals surface area contributed by atoms with Crippen molar-refractivity contribution in [3.63, 3.8) is 0 Å². The summed E-state index contributed by atoms with van der Waals surface area (Å²) in [7, 11) is -3.77. The summed E-state index contributed by atoms with van der Waals surface area (Å²) in [5.41, 5.74) is 2.95. The first-order valence-corrected chi connectivity index (χ1v) is 14.6. The third kappa shape index (κ3) is 7.23. The number of anilines is 1. The number of halogens is 1. The molecule has 0 spiro atoms. The zero-order chi connectivity index (χ0) is 26.5. The Morgan fingerprint density at radius 3 is 2.31 bits per heavy atom. The fraction of sp³-hybridized carbons (Fsp3) is 0.481. The number of nitrogens with one attached hydrogen (secondary N) is 1. The smallest absolute Gasteiger partial charge is 0.244 e. The number of amides is 2. The van der Waals surface area contributed by atoms with Gasteiger partial charge in [-0.3, -0.25) is 13.9 Å². The minimum Gasteiger partial charge on any atom is -0.352 e. The van der Waals surface area contributed by atoms with Gasteiger partial charge >= 0.3 is 0 Å². The first kappa shape index (κ1) is 28.0. The third-order valence-electron chi connectivity index (χ3n) is 6.91. The van der Waals surface area contributed by atoms with Crippen LogP contribution in [0, 0.1) is 13.8 Å². The molecular formula is C27H36ClN3O4S. The van der Waals surface area contributed by atoms with Gasteiger partial charge in [-0.05, 0) is 68.5 Å². The van der Waals surface area contributed by atoms with Crippen LogP contribution in [0.5, 0.6) is 0 Å². The lowest BCUT2D eigenvalue weighted by Crippen LogP contribution is -2.53. The number of nitrogens with zero attached hydrogens (tertiary/aromatic N) is 2. The number of rotatable bonds is 9. The molecule has 1 N–H and O–H groups in total. The largest absolute Gasteiger partial charge is 0.352 e. The molecule has 1 aliphatic rings. The molecule has 2 aromatic rings. The average Bonchev–Trinajstić information content (AvgIpc) is 2.83. The maximum Gasteiger partial charge on any atom is 0.244 e. The molecule has 7 nitrogen and oxygen atoms in total. The number of hydrogen-bond acceptors (Lipinski definition) is 4. The predicted octanol–water partition coefficient (Wildman–Crippen LogP) is 4.59. The monoisotopic (exact) mass is 533 g/mol. The van der Waals surface area contributed by atoms with Gasteiger partial charge in [-0.15, -0.1) is 0 Å². The molecule has 2 aromatic carbocycles. The summed E-state index contributed by atoms with van der Waals surface area (Å²) in [6.07, 6.45) is 6.27. The zero-order valence-electron chi connectivity index (χ0n) is 21.5. The van der Waals surface area contributed by atoms with Crippen molar-refractivity contribution in [1.29, 1.82) is 0 Å². The second-order valence-corrected chi connectivity index (χ2v) is 12.0. The highest BCUT2D eigenvalue weighted by Crippen LogP contribution is 2.26. The van der Waals surface area contributed by atoms with E-state index in [4.69, 9.17) is 11.6 Å². The Balaban J connectivity index is 1.89. The molecule has 196 valence electrons. The van der Waals surface area contributed by atoms with Crippen molar-refractivity contribution in [2.45, 2.75) is 71.5 Å². The first-order valence-electron chi connectivity index (χ1n) is 12.4. The lowest BCUT2D eigenvalue weighted by Gasteiger charge is -2.33. The average molecular weight is 534 g/mol. The summed E-state index contributed by atoms with van der Waals surface area (Å²) in [6.45, 7) is 5.16. The minimum atomic E-state index is -3.77. The van der Waals surface area contributed by atoms with Crippen LogP contribution < -0.4 is 9.62 Å². The summed E-state index contributed by atoms with van der Waals surface area (Å²) in [5.74, 6) is -0.690. The zero-order valence-corrected chi connectivity index (χ0v) is 23.0. The minimum absolute atomic E-state index is 0.101. The summed E-state index contributed by atoms with van der Waals surface area (Å²) < 4.78 is 26.7. The van der Waals surface area contributed by atoms with E-state index in [1.54, 1.807) is 43.3 Å². The normalized spacial score (nSPS) is 15.2. The second-order valence-electron chi connectivity index (χ2n) is 9.66. The number of aryl methyl sites for hydroxylation is 1. The van der Waals surface area contributed by atoms with Crippen molar-refractivity contribution >= 4 is 39.1 Å². The molecule has 1 aliphatic carbocycles. The van der Waals surface area contributed by atoms with Gasteiger partial charge in [0.15, 0.2) is 0 Å². The fourth-order valence-electron chi connectivity index (χ4n) is 4.54. The standard InChI is InChI=1S/C27H36ClN3O4S/c1-19-9-8-12-25(20(19)2)31(36(4,34)35)18-26(32)30(17-22-13-15-23(28)16-14-22)21(3)27(33)29-24-10-6-5-7-11-24/h8-9,12-16,21,24H,5-7,10-11,17-18H2,1-4H3,(H,29,33). The van der Waals surface area contributed by atoms with Crippen LogP contribution in [-0.4, -0.2) is 50.0 Å². The molecule has 0 aliphatic heterocycles. The van der Waals surface area contributed by atoms with Crippen molar-refractivity contribution in [1.82, 2.24) is 10.2 Å². The van der Waals surface area contributed by atoms with E-state index in [1.165, 1.54) is 11.3 Å². The van der Waals surface area contributed by atoms with Gasteiger partial charge in [0.1, 0.15) is 12.6 Å². The summed E-state index contributed by atoms with van der Waals surface area (Å²) in [5, 5.41) is 3.66. The number of sulfonamides is 1. The van der Waals surface area contributed by atoms with Gasteiger partial charge in [0.05, 0.1) is 11.9 Å². The van der Waals surface area contributed by atoms with E-state index in [-0.39, 0.29) is 18.5 Å². The quantitative estimate of drug-likeness (QED) is 0.511. The molecule has 0 radical (unpaired) electrons. The highest BCUT2D eigenvalue weighted by atomic mass is 35.5. The van der Waals surface area contributed by atoms with Crippen LogP contribution in [0.1, 0.15) is 55.7 Å². The molecule has 0 aromatic heterocycles. The number of carbonyl (C=O) groups excluding carboxylic acids is 2. The SMILES string of the molecule is Cc1cccc(N(CC(=O)N(Cc2ccc(Cl)cc2)C(C)C(=O)NC2CCCCC2)S(C)(=O)=O)c1C. The van der Waals surface area contributed by atoms with Gasteiger partial charge < -0.3 is 10.2 Å². The van der Waals surface area contributed by atoms with E-state index in [2.05, 4.69) is 5.32 Å². The van der Waals surface area contributed by atoms with Gasteiger partial charge in [0.2, 0.25) is 21.8 Å². The molecule has 3 rings (SSSR count). The first-order chi connectivity index (χ1) is 17.0. The Bertz CT molecular complexity index is 1180. The molecule has 2 amide bonds.